The predicted molar refractivity (Wildman–Crippen MR) is 64.7 cm³/mol. The molecular formula is C13H16N2O. The normalized spacial score (nSPS) is 17.9. The largest absolute Gasteiger partial charge is 0.507 e. The summed E-state index contributed by atoms with van der Waals surface area (Å²) in [6.07, 6.45) is 2.18. The molecule has 1 aliphatic carbocycles. The van der Waals surface area contributed by atoms with Crippen LogP contribution in [-0.2, 0) is 5.41 Å². The number of aromatic nitrogens is 1. The molecule has 1 aromatic carbocycles. The maximum absolute atomic E-state index is 10.3. The van der Waals surface area contributed by atoms with Gasteiger partial charge < -0.3 is 15.8 Å². The van der Waals surface area contributed by atoms with Crippen LogP contribution in [0.1, 0.15) is 24.1 Å². The van der Waals surface area contributed by atoms with Crippen molar-refractivity contribution in [1.82, 2.24) is 4.98 Å². The first-order valence-corrected chi connectivity index (χ1v) is 5.68. The third kappa shape index (κ3) is 1.18. The van der Waals surface area contributed by atoms with Crippen molar-refractivity contribution in [3.63, 3.8) is 0 Å². The van der Waals surface area contributed by atoms with Crippen molar-refractivity contribution in [2.45, 2.75) is 25.2 Å². The minimum atomic E-state index is 0.0451. The van der Waals surface area contributed by atoms with E-state index < -0.39 is 0 Å². The average Bonchev–Trinajstić information content (AvgIpc) is 2.96. The van der Waals surface area contributed by atoms with Crippen molar-refractivity contribution in [1.29, 1.82) is 0 Å². The molecule has 16 heavy (non-hydrogen) atoms. The highest BCUT2D eigenvalue weighted by Gasteiger charge is 2.44. The Morgan fingerprint density at radius 3 is 2.81 bits per heavy atom. The van der Waals surface area contributed by atoms with Crippen LogP contribution in [0.2, 0.25) is 0 Å². The fraction of sp³-hybridized carbons (Fsp3) is 0.385. The monoisotopic (exact) mass is 216 g/mol. The highest BCUT2D eigenvalue weighted by Crippen LogP contribution is 2.51. The van der Waals surface area contributed by atoms with Crippen LogP contribution >= 0.6 is 0 Å². The van der Waals surface area contributed by atoms with Gasteiger partial charge in [0.2, 0.25) is 0 Å². The number of hydrogen-bond acceptors (Lipinski definition) is 2. The fourth-order valence-corrected chi connectivity index (χ4v) is 2.49. The lowest BCUT2D eigenvalue weighted by molar-refractivity contribution is 0.465. The van der Waals surface area contributed by atoms with Crippen LogP contribution in [0.25, 0.3) is 10.9 Å². The Balaban J connectivity index is 2.23. The molecule has 0 radical (unpaired) electrons. The standard InChI is InChI=1S/C13H16N2O/c1-8-6-9-11(15-8)3-2-10(12(9)16)13(7-14)4-5-13/h2-3,6,15-16H,4-5,7,14H2,1H3. The number of nitrogens with two attached hydrogens (primary N) is 1. The van der Waals surface area contributed by atoms with E-state index in [4.69, 9.17) is 5.73 Å². The maximum atomic E-state index is 10.3. The minimum absolute atomic E-state index is 0.0451. The number of benzene rings is 1. The van der Waals surface area contributed by atoms with Crippen LogP contribution < -0.4 is 5.73 Å². The summed E-state index contributed by atoms with van der Waals surface area (Å²) in [5.74, 6) is 0.407. The zero-order valence-corrected chi connectivity index (χ0v) is 9.38. The number of aryl methyl sites for hydroxylation is 1. The summed E-state index contributed by atoms with van der Waals surface area (Å²) in [7, 11) is 0. The van der Waals surface area contributed by atoms with Crippen LogP contribution in [0, 0.1) is 6.92 Å². The van der Waals surface area contributed by atoms with E-state index in [9.17, 15) is 5.11 Å². The second-order valence-electron chi connectivity index (χ2n) is 4.86. The number of rotatable bonds is 2. The Hall–Kier alpha value is -1.48. The van der Waals surface area contributed by atoms with Gasteiger partial charge in [-0.25, -0.2) is 0 Å². The number of nitrogens with one attached hydrogen (secondary N) is 1. The summed E-state index contributed by atoms with van der Waals surface area (Å²) in [6, 6.07) is 6.03. The summed E-state index contributed by atoms with van der Waals surface area (Å²) in [6.45, 7) is 2.62. The van der Waals surface area contributed by atoms with Crippen molar-refractivity contribution in [3.8, 4) is 5.75 Å². The van der Waals surface area contributed by atoms with Crippen molar-refractivity contribution >= 4 is 10.9 Å². The van der Waals surface area contributed by atoms with Gasteiger partial charge in [-0.15, -0.1) is 0 Å². The first-order valence-electron chi connectivity index (χ1n) is 5.68. The van der Waals surface area contributed by atoms with Crippen LogP contribution in [-0.4, -0.2) is 16.6 Å². The van der Waals surface area contributed by atoms with E-state index in [0.717, 1.165) is 35.0 Å². The lowest BCUT2D eigenvalue weighted by atomic mass is 9.94. The van der Waals surface area contributed by atoms with Crippen molar-refractivity contribution in [3.05, 3.63) is 29.5 Å². The number of fused-ring (bicyclic) bond motifs is 1. The number of hydrogen-bond donors (Lipinski definition) is 3. The quantitative estimate of drug-likeness (QED) is 0.720. The van der Waals surface area contributed by atoms with Gasteiger partial charge in [0.05, 0.1) is 0 Å². The first-order chi connectivity index (χ1) is 7.66. The highest BCUT2D eigenvalue weighted by molar-refractivity contribution is 5.88. The van der Waals surface area contributed by atoms with Crippen molar-refractivity contribution in [2.75, 3.05) is 6.54 Å². The number of phenolic OH excluding ortho intramolecular Hbond substituents is 1. The molecule has 0 atom stereocenters. The minimum Gasteiger partial charge on any atom is -0.507 e. The second kappa shape index (κ2) is 3.01. The van der Waals surface area contributed by atoms with Gasteiger partial charge in [-0.1, -0.05) is 6.07 Å². The van der Waals surface area contributed by atoms with Gasteiger partial charge in [-0.05, 0) is 31.9 Å². The summed E-state index contributed by atoms with van der Waals surface area (Å²) in [5, 5.41) is 11.2. The molecule has 3 heteroatoms. The predicted octanol–water partition coefficient (Wildman–Crippen LogP) is 2.17. The van der Waals surface area contributed by atoms with Gasteiger partial charge in [0, 0.05) is 34.1 Å². The molecule has 0 spiro atoms. The van der Waals surface area contributed by atoms with Crippen LogP contribution in [0.15, 0.2) is 18.2 Å². The molecule has 1 aromatic heterocycles. The Kier molecular flexibility index (Phi) is 1.83. The number of aromatic amines is 1. The van der Waals surface area contributed by atoms with E-state index in [-0.39, 0.29) is 5.41 Å². The molecule has 3 nitrogen and oxygen atoms in total. The molecule has 1 fully saturated rings. The van der Waals surface area contributed by atoms with Gasteiger partial charge in [0.25, 0.3) is 0 Å². The molecule has 1 aliphatic rings. The smallest absolute Gasteiger partial charge is 0.128 e. The molecule has 0 amide bonds. The third-order valence-corrected chi connectivity index (χ3v) is 3.73. The highest BCUT2D eigenvalue weighted by atomic mass is 16.3. The van der Waals surface area contributed by atoms with Crippen molar-refractivity contribution < 1.29 is 5.11 Å². The Morgan fingerprint density at radius 1 is 1.44 bits per heavy atom. The van der Waals surface area contributed by atoms with E-state index in [0.29, 0.717) is 12.3 Å². The Bertz CT molecular complexity index is 552. The SMILES string of the molecule is Cc1cc2c(O)c(C3(CN)CC3)ccc2[nH]1. The topological polar surface area (TPSA) is 62.0 Å². The molecule has 1 heterocycles. The second-order valence-corrected chi connectivity index (χ2v) is 4.86. The summed E-state index contributed by atoms with van der Waals surface area (Å²) in [5.41, 5.74) is 8.92. The van der Waals surface area contributed by atoms with Gasteiger partial charge in [0.1, 0.15) is 5.75 Å². The Morgan fingerprint density at radius 2 is 2.19 bits per heavy atom. The van der Waals surface area contributed by atoms with Gasteiger partial charge >= 0.3 is 0 Å². The summed E-state index contributed by atoms with van der Waals surface area (Å²) >= 11 is 0. The molecule has 84 valence electrons. The van der Waals surface area contributed by atoms with E-state index in [1.807, 2.05) is 25.1 Å². The third-order valence-electron chi connectivity index (χ3n) is 3.73. The summed E-state index contributed by atoms with van der Waals surface area (Å²) < 4.78 is 0. The molecule has 1 saturated carbocycles. The number of aromatic hydroxyl groups is 1. The number of phenols is 1. The molecule has 4 N–H and O–H groups in total. The molecule has 0 aliphatic heterocycles. The van der Waals surface area contributed by atoms with Gasteiger partial charge in [-0.2, -0.15) is 0 Å². The molecule has 3 rings (SSSR count). The van der Waals surface area contributed by atoms with Gasteiger partial charge in [-0.3, -0.25) is 0 Å². The zero-order valence-electron chi connectivity index (χ0n) is 9.38. The van der Waals surface area contributed by atoms with E-state index in [1.54, 1.807) is 0 Å². The molecule has 0 unspecified atom stereocenters. The summed E-state index contributed by atoms with van der Waals surface area (Å²) in [4.78, 5) is 3.23. The number of H-pyrrole nitrogens is 1. The Labute approximate surface area is 94.3 Å². The maximum Gasteiger partial charge on any atom is 0.128 e. The van der Waals surface area contributed by atoms with Crippen LogP contribution in [0.5, 0.6) is 5.75 Å². The van der Waals surface area contributed by atoms with E-state index >= 15 is 0 Å². The zero-order chi connectivity index (χ0) is 11.3. The van der Waals surface area contributed by atoms with E-state index in [1.165, 1.54) is 0 Å². The first kappa shape index (κ1) is 9.73. The lowest BCUT2D eigenvalue weighted by Gasteiger charge is -2.14. The van der Waals surface area contributed by atoms with Gasteiger partial charge in [0.15, 0.2) is 0 Å². The molecular weight excluding hydrogens is 200 g/mol. The molecule has 0 saturated heterocycles. The fourth-order valence-electron chi connectivity index (χ4n) is 2.49. The average molecular weight is 216 g/mol. The van der Waals surface area contributed by atoms with Crippen LogP contribution in [0.3, 0.4) is 0 Å². The molecule has 0 bridgehead atoms. The van der Waals surface area contributed by atoms with Crippen molar-refractivity contribution in [2.24, 2.45) is 5.73 Å². The van der Waals surface area contributed by atoms with Crippen LogP contribution in [0.4, 0.5) is 0 Å². The lowest BCUT2D eigenvalue weighted by Crippen LogP contribution is -2.19. The molecule has 2 aromatic rings. The van der Waals surface area contributed by atoms with E-state index in [2.05, 4.69) is 4.98 Å².